The van der Waals surface area contributed by atoms with Crippen LogP contribution in [0.2, 0.25) is 0 Å². The second kappa shape index (κ2) is 10.9. The number of carboxylic acid groups (broad SMARTS) is 1. The fraction of sp³-hybridized carbons (Fsp3) is 0.250. The van der Waals surface area contributed by atoms with Crippen LogP contribution in [0.4, 0.5) is 10.5 Å². The summed E-state index contributed by atoms with van der Waals surface area (Å²) in [6.07, 6.45) is -0.456. The smallest absolute Gasteiger partial charge is 0.411 e. The molecule has 0 spiro atoms. The van der Waals surface area contributed by atoms with E-state index >= 15 is 0 Å². The maximum Gasteiger partial charge on any atom is 0.411 e. The van der Waals surface area contributed by atoms with Crippen LogP contribution in [0, 0.1) is 0 Å². The number of carboxylic acids is 1. The Labute approximate surface area is 204 Å². The molecule has 0 atom stereocenters. The van der Waals surface area contributed by atoms with Gasteiger partial charge >= 0.3 is 12.1 Å². The number of aliphatic carboxylic acids is 1. The Morgan fingerprint density at radius 1 is 0.914 bits per heavy atom. The quantitative estimate of drug-likeness (QED) is 0.461. The lowest BCUT2D eigenvalue weighted by molar-refractivity contribution is -0.138. The predicted octanol–water partition coefficient (Wildman–Crippen LogP) is 4.91. The topological polar surface area (TPSA) is 95.9 Å². The van der Waals surface area contributed by atoms with Gasteiger partial charge < -0.3 is 14.7 Å². The van der Waals surface area contributed by atoms with Gasteiger partial charge in [-0.3, -0.25) is 14.9 Å². The van der Waals surface area contributed by atoms with Crippen LogP contribution >= 0.6 is 0 Å². The lowest BCUT2D eigenvalue weighted by Crippen LogP contribution is -2.34. The number of hydrogen-bond donors (Lipinski definition) is 2. The lowest BCUT2D eigenvalue weighted by Gasteiger charge is -2.20. The van der Waals surface area contributed by atoms with Gasteiger partial charge in [-0.15, -0.1) is 0 Å². The van der Waals surface area contributed by atoms with E-state index in [1.165, 1.54) is 16.0 Å². The number of fused-ring (bicyclic) bond motifs is 3. The number of carbonyl (C=O) groups excluding carboxylic acids is 2. The Balaban J connectivity index is 1.32. The summed E-state index contributed by atoms with van der Waals surface area (Å²) in [5.74, 6) is -1.07. The van der Waals surface area contributed by atoms with E-state index in [1.54, 1.807) is 24.3 Å². The van der Waals surface area contributed by atoms with Crippen LogP contribution in [0.1, 0.15) is 36.0 Å². The SMILES string of the molecule is CCN(CCC(=O)O)C(=O)Cc1ccc(NC(=O)OCC2c3ccccc3-c3ccccc32)cc1. The summed E-state index contributed by atoms with van der Waals surface area (Å²) in [4.78, 5) is 37.2. The molecule has 4 rings (SSSR count). The first-order valence-electron chi connectivity index (χ1n) is 11.7. The van der Waals surface area contributed by atoms with Gasteiger partial charge in [0.2, 0.25) is 5.91 Å². The minimum Gasteiger partial charge on any atom is -0.481 e. The zero-order valence-corrected chi connectivity index (χ0v) is 19.6. The number of nitrogens with zero attached hydrogens (tertiary/aromatic N) is 1. The number of amides is 2. The average Bonchev–Trinajstić information content (AvgIpc) is 3.18. The molecule has 180 valence electrons. The molecule has 7 heteroatoms. The largest absolute Gasteiger partial charge is 0.481 e. The molecule has 1 aliphatic carbocycles. The van der Waals surface area contributed by atoms with Gasteiger partial charge in [0.05, 0.1) is 12.8 Å². The highest BCUT2D eigenvalue weighted by Gasteiger charge is 2.29. The van der Waals surface area contributed by atoms with Crippen LogP contribution in [0.3, 0.4) is 0 Å². The van der Waals surface area contributed by atoms with Gasteiger partial charge in [0, 0.05) is 24.7 Å². The molecule has 35 heavy (non-hydrogen) atoms. The molecular weight excluding hydrogens is 444 g/mol. The summed E-state index contributed by atoms with van der Waals surface area (Å²) in [5.41, 5.74) is 6.00. The van der Waals surface area contributed by atoms with Crippen molar-refractivity contribution in [2.45, 2.75) is 25.7 Å². The second-order valence-electron chi connectivity index (χ2n) is 8.44. The standard InChI is InChI=1S/C28H28N2O5/c1-2-30(16-15-27(32)33)26(31)17-19-11-13-20(14-12-19)29-28(34)35-18-25-23-9-5-3-7-21(23)22-8-4-6-10-24(22)25/h3-14,25H,2,15-18H2,1H3,(H,29,34)(H,32,33). The summed E-state index contributed by atoms with van der Waals surface area (Å²) in [7, 11) is 0. The molecule has 0 fully saturated rings. The Kier molecular flexibility index (Phi) is 7.45. The molecular formula is C28H28N2O5. The van der Waals surface area contributed by atoms with E-state index in [9.17, 15) is 14.4 Å². The summed E-state index contributed by atoms with van der Waals surface area (Å²) in [6.45, 7) is 2.69. The Bertz CT molecular complexity index is 1180. The van der Waals surface area contributed by atoms with Crippen LogP contribution in [0.25, 0.3) is 11.1 Å². The van der Waals surface area contributed by atoms with Crippen molar-refractivity contribution in [3.05, 3.63) is 89.5 Å². The van der Waals surface area contributed by atoms with E-state index in [-0.39, 0.29) is 37.8 Å². The molecule has 0 heterocycles. The fourth-order valence-corrected chi connectivity index (χ4v) is 4.43. The monoisotopic (exact) mass is 472 g/mol. The third kappa shape index (κ3) is 5.69. The van der Waals surface area contributed by atoms with E-state index in [0.717, 1.165) is 16.7 Å². The molecule has 0 bridgehead atoms. The van der Waals surface area contributed by atoms with Gasteiger partial charge in [-0.05, 0) is 46.9 Å². The van der Waals surface area contributed by atoms with Crippen molar-refractivity contribution in [3.8, 4) is 11.1 Å². The highest BCUT2D eigenvalue weighted by atomic mass is 16.5. The Hall–Kier alpha value is -4.13. The Morgan fingerprint density at radius 2 is 1.51 bits per heavy atom. The molecule has 0 unspecified atom stereocenters. The lowest BCUT2D eigenvalue weighted by atomic mass is 9.98. The zero-order chi connectivity index (χ0) is 24.8. The van der Waals surface area contributed by atoms with Gasteiger partial charge in [0.25, 0.3) is 0 Å². The molecule has 0 aliphatic heterocycles. The number of benzene rings is 3. The molecule has 0 radical (unpaired) electrons. The highest BCUT2D eigenvalue weighted by Crippen LogP contribution is 2.44. The molecule has 2 amide bonds. The van der Waals surface area contributed by atoms with Crippen molar-refractivity contribution in [1.82, 2.24) is 4.90 Å². The van der Waals surface area contributed by atoms with Crippen molar-refractivity contribution in [1.29, 1.82) is 0 Å². The molecule has 3 aromatic rings. The number of likely N-dealkylation sites (N-methyl/N-ethyl adjacent to an activating group) is 1. The third-order valence-corrected chi connectivity index (χ3v) is 6.23. The van der Waals surface area contributed by atoms with Gasteiger partial charge in [-0.1, -0.05) is 60.7 Å². The fourth-order valence-electron chi connectivity index (χ4n) is 4.43. The number of hydrogen-bond acceptors (Lipinski definition) is 4. The van der Waals surface area contributed by atoms with Crippen LogP contribution in [0.5, 0.6) is 0 Å². The minimum absolute atomic E-state index is 0.0100. The molecule has 0 saturated heterocycles. The van der Waals surface area contributed by atoms with Crippen LogP contribution in [-0.4, -0.2) is 47.7 Å². The summed E-state index contributed by atoms with van der Waals surface area (Å²) < 4.78 is 5.57. The van der Waals surface area contributed by atoms with E-state index in [0.29, 0.717) is 12.2 Å². The molecule has 7 nitrogen and oxygen atoms in total. The number of nitrogens with one attached hydrogen (secondary N) is 1. The first-order chi connectivity index (χ1) is 17.0. The summed E-state index contributed by atoms with van der Waals surface area (Å²) >= 11 is 0. The Morgan fingerprint density at radius 3 is 2.09 bits per heavy atom. The third-order valence-electron chi connectivity index (χ3n) is 6.23. The van der Waals surface area contributed by atoms with Crippen molar-refractivity contribution >= 4 is 23.7 Å². The summed E-state index contributed by atoms with van der Waals surface area (Å²) in [5, 5.41) is 11.6. The number of carbonyl (C=O) groups is 3. The molecule has 1 aliphatic rings. The van der Waals surface area contributed by atoms with Crippen LogP contribution in [0.15, 0.2) is 72.8 Å². The van der Waals surface area contributed by atoms with E-state index in [2.05, 4.69) is 29.6 Å². The van der Waals surface area contributed by atoms with Gasteiger partial charge in [-0.2, -0.15) is 0 Å². The maximum atomic E-state index is 12.5. The van der Waals surface area contributed by atoms with Crippen LogP contribution < -0.4 is 5.32 Å². The summed E-state index contributed by atoms with van der Waals surface area (Å²) in [6, 6.07) is 23.3. The van der Waals surface area contributed by atoms with Crippen molar-refractivity contribution in [3.63, 3.8) is 0 Å². The van der Waals surface area contributed by atoms with Gasteiger partial charge in [-0.25, -0.2) is 4.79 Å². The first-order valence-corrected chi connectivity index (χ1v) is 11.7. The highest BCUT2D eigenvalue weighted by molar-refractivity contribution is 5.85. The zero-order valence-electron chi connectivity index (χ0n) is 19.6. The van der Waals surface area contributed by atoms with Gasteiger partial charge in [0.1, 0.15) is 6.61 Å². The number of ether oxygens (including phenoxy) is 1. The first kappa shape index (κ1) is 24.0. The normalized spacial score (nSPS) is 11.9. The second-order valence-corrected chi connectivity index (χ2v) is 8.44. The predicted molar refractivity (Wildman–Crippen MR) is 133 cm³/mol. The van der Waals surface area contributed by atoms with Crippen LogP contribution in [-0.2, 0) is 20.7 Å². The maximum absolute atomic E-state index is 12.5. The molecule has 0 saturated carbocycles. The molecule has 2 N–H and O–H groups in total. The minimum atomic E-state index is -0.931. The van der Waals surface area contributed by atoms with Crippen molar-refractivity contribution in [2.75, 3.05) is 25.0 Å². The van der Waals surface area contributed by atoms with Crippen molar-refractivity contribution < 1.29 is 24.2 Å². The van der Waals surface area contributed by atoms with E-state index in [1.807, 2.05) is 31.2 Å². The van der Waals surface area contributed by atoms with Gasteiger partial charge in [0.15, 0.2) is 0 Å². The molecule has 3 aromatic carbocycles. The number of anilines is 1. The number of rotatable bonds is 9. The van der Waals surface area contributed by atoms with Crippen molar-refractivity contribution in [2.24, 2.45) is 0 Å². The van der Waals surface area contributed by atoms with E-state index in [4.69, 9.17) is 9.84 Å². The average molecular weight is 473 g/mol. The van der Waals surface area contributed by atoms with E-state index < -0.39 is 12.1 Å². The molecule has 0 aromatic heterocycles.